The van der Waals surface area contributed by atoms with Crippen LogP contribution in [0.4, 0.5) is 0 Å². The molecule has 2 heterocycles. The monoisotopic (exact) mass is 365 g/mol. The standard InChI is InChI=1S/C17H23N3O4S/c1-3-10-20(12-6-8-18-9-7-12)25(23,24)13-4-5-14-15(11-13)17(22)19(2)16(14)21/h4-5,11-12,18H,3,6-10H2,1-2H3. The minimum absolute atomic E-state index is 0.0422. The van der Waals surface area contributed by atoms with Crippen LogP contribution in [0.5, 0.6) is 0 Å². The number of benzene rings is 1. The van der Waals surface area contributed by atoms with Gasteiger partial charge in [0.25, 0.3) is 11.8 Å². The predicted molar refractivity (Wildman–Crippen MR) is 92.9 cm³/mol. The zero-order valence-electron chi connectivity index (χ0n) is 14.5. The summed E-state index contributed by atoms with van der Waals surface area (Å²) >= 11 is 0. The van der Waals surface area contributed by atoms with Crippen LogP contribution in [-0.4, -0.2) is 62.2 Å². The van der Waals surface area contributed by atoms with Gasteiger partial charge in [0.15, 0.2) is 0 Å². The summed E-state index contributed by atoms with van der Waals surface area (Å²) in [6.45, 7) is 3.98. The van der Waals surface area contributed by atoms with Gasteiger partial charge in [-0.1, -0.05) is 6.92 Å². The number of piperidine rings is 1. The van der Waals surface area contributed by atoms with E-state index in [4.69, 9.17) is 0 Å². The van der Waals surface area contributed by atoms with Crippen molar-refractivity contribution in [1.82, 2.24) is 14.5 Å². The number of sulfonamides is 1. The van der Waals surface area contributed by atoms with Gasteiger partial charge in [0, 0.05) is 19.6 Å². The third-order valence-electron chi connectivity index (χ3n) is 4.83. The molecular weight excluding hydrogens is 342 g/mol. The van der Waals surface area contributed by atoms with Gasteiger partial charge in [-0.2, -0.15) is 4.31 Å². The van der Waals surface area contributed by atoms with Crippen LogP contribution in [0.15, 0.2) is 23.1 Å². The van der Waals surface area contributed by atoms with Gasteiger partial charge in [-0.05, 0) is 50.6 Å². The van der Waals surface area contributed by atoms with E-state index in [1.54, 1.807) is 4.31 Å². The molecule has 0 spiro atoms. The predicted octanol–water partition coefficient (Wildman–Crippen LogP) is 1.07. The molecule has 2 aliphatic rings. The van der Waals surface area contributed by atoms with Gasteiger partial charge in [0.2, 0.25) is 10.0 Å². The molecule has 2 amide bonds. The Labute approximate surface area is 148 Å². The van der Waals surface area contributed by atoms with Crippen LogP contribution < -0.4 is 5.32 Å². The number of carbonyl (C=O) groups excluding carboxylic acids is 2. The number of amides is 2. The first kappa shape index (κ1) is 18.0. The first-order chi connectivity index (χ1) is 11.9. The van der Waals surface area contributed by atoms with E-state index in [0.29, 0.717) is 13.0 Å². The van der Waals surface area contributed by atoms with Crippen LogP contribution in [-0.2, 0) is 10.0 Å². The van der Waals surface area contributed by atoms with E-state index < -0.39 is 21.8 Å². The molecule has 1 aromatic rings. The Kier molecular flexibility index (Phi) is 4.95. The molecule has 1 N–H and O–H groups in total. The van der Waals surface area contributed by atoms with Gasteiger partial charge >= 0.3 is 0 Å². The third-order valence-corrected chi connectivity index (χ3v) is 6.78. The first-order valence-corrected chi connectivity index (χ1v) is 10.0. The molecule has 3 rings (SSSR count). The molecule has 8 heteroatoms. The minimum atomic E-state index is -3.72. The van der Waals surface area contributed by atoms with Crippen LogP contribution in [0.1, 0.15) is 46.9 Å². The average Bonchev–Trinajstić information content (AvgIpc) is 2.84. The van der Waals surface area contributed by atoms with Crippen molar-refractivity contribution in [3.63, 3.8) is 0 Å². The van der Waals surface area contributed by atoms with Crippen molar-refractivity contribution in [2.75, 3.05) is 26.7 Å². The summed E-state index contributed by atoms with van der Waals surface area (Å²) in [5, 5.41) is 3.24. The number of nitrogens with one attached hydrogen (secondary N) is 1. The second-order valence-electron chi connectivity index (χ2n) is 6.47. The summed E-state index contributed by atoms with van der Waals surface area (Å²) in [5.74, 6) is -0.853. The average molecular weight is 365 g/mol. The molecule has 0 saturated carbocycles. The van der Waals surface area contributed by atoms with Gasteiger partial charge in [0.1, 0.15) is 0 Å². The minimum Gasteiger partial charge on any atom is -0.317 e. The molecule has 0 aliphatic carbocycles. The van der Waals surface area contributed by atoms with Crippen LogP contribution in [0, 0.1) is 0 Å². The Morgan fingerprint density at radius 2 is 1.80 bits per heavy atom. The molecule has 0 bridgehead atoms. The Morgan fingerprint density at radius 1 is 1.16 bits per heavy atom. The van der Waals surface area contributed by atoms with Gasteiger partial charge in [-0.25, -0.2) is 8.42 Å². The Hall–Kier alpha value is -1.77. The summed E-state index contributed by atoms with van der Waals surface area (Å²) in [6, 6.07) is 4.18. The number of fused-ring (bicyclic) bond motifs is 1. The van der Waals surface area contributed by atoms with Gasteiger partial charge < -0.3 is 5.32 Å². The molecule has 1 fully saturated rings. The summed E-state index contributed by atoms with van der Waals surface area (Å²) in [5.41, 5.74) is 0.422. The lowest BCUT2D eigenvalue weighted by Crippen LogP contribution is -2.46. The van der Waals surface area contributed by atoms with Crippen LogP contribution in [0.3, 0.4) is 0 Å². The van der Waals surface area contributed by atoms with Crippen LogP contribution in [0.25, 0.3) is 0 Å². The molecule has 1 saturated heterocycles. The van der Waals surface area contributed by atoms with Crippen molar-refractivity contribution in [1.29, 1.82) is 0 Å². The fourth-order valence-corrected chi connectivity index (χ4v) is 5.25. The molecule has 0 aromatic heterocycles. The normalized spacial score (nSPS) is 18.9. The summed E-state index contributed by atoms with van der Waals surface area (Å²) < 4.78 is 27.9. The lowest BCUT2D eigenvalue weighted by Gasteiger charge is -2.33. The van der Waals surface area contributed by atoms with Crippen molar-refractivity contribution >= 4 is 21.8 Å². The van der Waals surface area contributed by atoms with Crippen LogP contribution >= 0.6 is 0 Å². The number of rotatable bonds is 5. The highest BCUT2D eigenvalue weighted by atomic mass is 32.2. The smallest absolute Gasteiger partial charge is 0.261 e. The van der Waals surface area contributed by atoms with E-state index in [-0.39, 0.29) is 22.1 Å². The third kappa shape index (κ3) is 3.09. The summed E-state index contributed by atoms with van der Waals surface area (Å²) in [6.07, 6.45) is 2.25. The molecule has 0 atom stereocenters. The molecule has 25 heavy (non-hydrogen) atoms. The van der Waals surface area contributed by atoms with Crippen molar-refractivity contribution in [3.05, 3.63) is 29.3 Å². The maximum atomic E-state index is 13.2. The first-order valence-electron chi connectivity index (χ1n) is 8.57. The van der Waals surface area contributed by atoms with E-state index in [1.807, 2.05) is 6.92 Å². The van der Waals surface area contributed by atoms with E-state index in [0.717, 1.165) is 30.8 Å². The molecule has 2 aliphatic heterocycles. The van der Waals surface area contributed by atoms with Crippen LogP contribution in [0.2, 0.25) is 0 Å². The van der Waals surface area contributed by atoms with Gasteiger partial charge in [0.05, 0.1) is 16.0 Å². The van der Waals surface area contributed by atoms with E-state index >= 15 is 0 Å². The molecule has 0 radical (unpaired) electrons. The fraction of sp³-hybridized carbons (Fsp3) is 0.529. The fourth-order valence-electron chi connectivity index (χ4n) is 3.45. The zero-order valence-corrected chi connectivity index (χ0v) is 15.3. The number of hydrogen-bond acceptors (Lipinski definition) is 5. The summed E-state index contributed by atoms with van der Waals surface area (Å²) in [4.78, 5) is 25.3. The SMILES string of the molecule is CCCN(C1CCNCC1)S(=O)(=O)c1ccc2c(c1)C(=O)N(C)C2=O. The lowest BCUT2D eigenvalue weighted by atomic mass is 10.1. The number of imide groups is 1. The maximum Gasteiger partial charge on any atom is 0.261 e. The molecule has 136 valence electrons. The molecular formula is C17H23N3O4S. The van der Waals surface area contributed by atoms with E-state index in [1.165, 1.54) is 25.2 Å². The largest absolute Gasteiger partial charge is 0.317 e. The Balaban J connectivity index is 1.99. The molecule has 7 nitrogen and oxygen atoms in total. The van der Waals surface area contributed by atoms with Crippen molar-refractivity contribution in [2.24, 2.45) is 0 Å². The summed E-state index contributed by atoms with van der Waals surface area (Å²) in [7, 11) is -2.32. The zero-order chi connectivity index (χ0) is 18.2. The van der Waals surface area contributed by atoms with Crippen molar-refractivity contribution in [3.8, 4) is 0 Å². The maximum absolute atomic E-state index is 13.2. The lowest BCUT2D eigenvalue weighted by molar-refractivity contribution is 0.0693. The van der Waals surface area contributed by atoms with Gasteiger partial charge in [-0.3, -0.25) is 14.5 Å². The van der Waals surface area contributed by atoms with E-state index in [2.05, 4.69) is 5.32 Å². The Bertz CT molecular complexity index is 800. The second kappa shape index (κ2) is 6.86. The van der Waals surface area contributed by atoms with E-state index in [9.17, 15) is 18.0 Å². The molecule has 1 aromatic carbocycles. The Morgan fingerprint density at radius 3 is 2.44 bits per heavy atom. The second-order valence-corrected chi connectivity index (χ2v) is 8.36. The highest BCUT2D eigenvalue weighted by Crippen LogP contribution is 2.28. The highest BCUT2D eigenvalue weighted by molar-refractivity contribution is 7.89. The topological polar surface area (TPSA) is 86.8 Å². The highest BCUT2D eigenvalue weighted by Gasteiger charge is 2.36. The quantitative estimate of drug-likeness (QED) is 0.789. The number of carbonyl (C=O) groups is 2. The number of hydrogen-bond donors (Lipinski definition) is 1. The van der Waals surface area contributed by atoms with Crippen molar-refractivity contribution < 1.29 is 18.0 Å². The number of nitrogens with zero attached hydrogens (tertiary/aromatic N) is 2. The molecule has 0 unspecified atom stereocenters. The van der Waals surface area contributed by atoms with Gasteiger partial charge in [-0.15, -0.1) is 0 Å². The van der Waals surface area contributed by atoms with Crippen molar-refractivity contribution in [2.45, 2.75) is 37.1 Å².